The molecule has 0 aliphatic carbocycles. The Morgan fingerprint density at radius 3 is 3.04 bits per heavy atom. The van der Waals surface area contributed by atoms with Gasteiger partial charge in [0.1, 0.15) is 5.82 Å². The maximum absolute atomic E-state index is 12.0. The van der Waals surface area contributed by atoms with Crippen LogP contribution in [-0.2, 0) is 18.9 Å². The van der Waals surface area contributed by atoms with Gasteiger partial charge in [0, 0.05) is 38.8 Å². The average Bonchev–Trinajstić information content (AvgIpc) is 3.12. The number of carbonyl (C=O) groups is 1. The fraction of sp³-hybridized carbons (Fsp3) is 0.571. The number of carbonyl (C=O) groups excluding carboxylic acids is 1. The summed E-state index contributed by atoms with van der Waals surface area (Å²) in [5, 5.41) is 19.6. The molecule has 0 spiro atoms. The molecule has 0 radical (unpaired) electrons. The summed E-state index contributed by atoms with van der Waals surface area (Å²) in [7, 11) is 3.77. The highest BCUT2D eigenvalue weighted by Gasteiger charge is 2.22. The Hall–Kier alpha value is -1.87. The first-order chi connectivity index (χ1) is 11.1. The van der Waals surface area contributed by atoms with E-state index in [1.165, 1.54) is 11.8 Å². The van der Waals surface area contributed by atoms with Crippen LogP contribution in [0.3, 0.4) is 0 Å². The Balaban J connectivity index is 1.55. The van der Waals surface area contributed by atoms with E-state index in [0.29, 0.717) is 11.7 Å². The molecule has 0 saturated carbocycles. The number of nitrogens with one attached hydrogen (secondary N) is 2. The van der Waals surface area contributed by atoms with Crippen LogP contribution in [0.15, 0.2) is 17.4 Å². The van der Waals surface area contributed by atoms with Crippen LogP contribution in [-0.4, -0.2) is 49.3 Å². The Morgan fingerprint density at radius 1 is 1.48 bits per heavy atom. The lowest BCUT2D eigenvalue weighted by Gasteiger charge is -2.21. The Bertz CT molecular complexity index is 674. The van der Waals surface area contributed by atoms with E-state index in [9.17, 15) is 4.79 Å². The van der Waals surface area contributed by atoms with Gasteiger partial charge in [0.15, 0.2) is 11.0 Å². The number of anilines is 1. The number of aryl methyl sites for hydroxylation is 1. The molecule has 1 fully saturated rings. The molecule has 23 heavy (non-hydrogen) atoms. The van der Waals surface area contributed by atoms with Crippen LogP contribution in [0.4, 0.5) is 5.82 Å². The zero-order chi connectivity index (χ0) is 16.2. The zero-order valence-electron chi connectivity index (χ0n) is 13.3. The number of hydrogen-bond acceptors (Lipinski definition) is 6. The zero-order valence-corrected chi connectivity index (χ0v) is 14.1. The lowest BCUT2D eigenvalue weighted by atomic mass is 9.99. The van der Waals surface area contributed by atoms with Crippen LogP contribution < -0.4 is 10.6 Å². The Morgan fingerprint density at radius 2 is 2.35 bits per heavy atom. The van der Waals surface area contributed by atoms with Gasteiger partial charge < -0.3 is 15.2 Å². The van der Waals surface area contributed by atoms with Crippen molar-refractivity contribution in [3.8, 4) is 0 Å². The molecule has 0 unspecified atom stereocenters. The number of rotatable bonds is 5. The van der Waals surface area contributed by atoms with Gasteiger partial charge in [0.05, 0.1) is 5.75 Å². The van der Waals surface area contributed by atoms with Crippen LogP contribution in [0.25, 0.3) is 0 Å². The summed E-state index contributed by atoms with van der Waals surface area (Å²) in [5.74, 6) is 2.14. The topological polar surface area (TPSA) is 89.7 Å². The molecular weight excluding hydrogens is 314 g/mol. The molecule has 124 valence electrons. The molecular formula is C14H21N7OS. The van der Waals surface area contributed by atoms with Gasteiger partial charge in [-0.05, 0) is 19.4 Å². The van der Waals surface area contributed by atoms with E-state index in [4.69, 9.17) is 0 Å². The molecule has 0 bridgehead atoms. The maximum Gasteiger partial charge on any atom is 0.236 e. The molecule has 2 aromatic heterocycles. The summed E-state index contributed by atoms with van der Waals surface area (Å²) in [6.07, 6.45) is 4.08. The van der Waals surface area contributed by atoms with E-state index in [-0.39, 0.29) is 11.7 Å². The third-order valence-electron chi connectivity index (χ3n) is 3.84. The number of nitrogens with zero attached hydrogens (tertiary/aromatic N) is 5. The molecule has 1 amide bonds. The lowest BCUT2D eigenvalue weighted by Crippen LogP contribution is -2.29. The fourth-order valence-electron chi connectivity index (χ4n) is 2.67. The molecule has 1 atom stereocenters. The quantitative estimate of drug-likeness (QED) is 0.784. The highest BCUT2D eigenvalue weighted by atomic mass is 32.2. The first kappa shape index (κ1) is 16.0. The number of hydrogen-bond donors (Lipinski definition) is 2. The minimum Gasteiger partial charge on any atom is -0.316 e. The molecule has 9 heteroatoms. The van der Waals surface area contributed by atoms with Crippen molar-refractivity contribution >= 4 is 23.5 Å². The Kier molecular flexibility index (Phi) is 4.97. The SMILES string of the molecule is Cn1ccc(NC(=O)CSc2nnc([C@@H]3CCCNC3)n2C)n1. The van der Waals surface area contributed by atoms with Gasteiger partial charge in [-0.2, -0.15) is 5.10 Å². The largest absolute Gasteiger partial charge is 0.316 e. The number of aromatic nitrogens is 5. The molecule has 1 aliphatic heterocycles. The second-order valence-corrected chi connectivity index (χ2v) is 6.60. The summed E-state index contributed by atoms with van der Waals surface area (Å²) in [6, 6.07) is 1.76. The van der Waals surface area contributed by atoms with Gasteiger partial charge in [-0.25, -0.2) is 0 Å². The van der Waals surface area contributed by atoms with Gasteiger partial charge in [-0.15, -0.1) is 10.2 Å². The summed E-state index contributed by atoms with van der Waals surface area (Å²) in [6.45, 7) is 2.01. The Labute approximate surface area is 139 Å². The predicted octanol–water partition coefficient (Wildman–Crippen LogP) is 0.746. The third kappa shape index (κ3) is 3.91. The minimum atomic E-state index is -0.0995. The lowest BCUT2D eigenvalue weighted by molar-refractivity contribution is -0.113. The predicted molar refractivity (Wildman–Crippen MR) is 88.4 cm³/mol. The molecule has 2 aromatic rings. The number of amides is 1. The second kappa shape index (κ2) is 7.14. The molecule has 2 N–H and O–H groups in total. The van der Waals surface area contributed by atoms with Crippen molar-refractivity contribution in [1.29, 1.82) is 0 Å². The molecule has 1 saturated heterocycles. The van der Waals surface area contributed by atoms with Gasteiger partial charge in [-0.1, -0.05) is 11.8 Å². The van der Waals surface area contributed by atoms with Crippen molar-refractivity contribution in [3.05, 3.63) is 18.1 Å². The molecule has 3 heterocycles. The molecule has 3 rings (SSSR count). The van der Waals surface area contributed by atoms with Crippen LogP contribution >= 0.6 is 11.8 Å². The summed E-state index contributed by atoms with van der Waals surface area (Å²) in [5.41, 5.74) is 0. The molecule has 8 nitrogen and oxygen atoms in total. The normalized spacial score (nSPS) is 18.1. The highest BCUT2D eigenvalue weighted by Crippen LogP contribution is 2.24. The maximum atomic E-state index is 12.0. The van der Waals surface area contributed by atoms with Crippen LogP contribution in [0.5, 0.6) is 0 Å². The van der Waals surface area contributed by atoms with Gasteiger partial charge in [0.25, 0.3) is 0 Å². The van der Waals surface area contributed by atoms with Crippen LogP contribution in [0.2, 0.25) is 0 Å². The fourth-order valence-corrected chi connectivity index (χ4v) is 3.39. The molecule has 0 aromatic carbocycles. The van der Waals surface area contributed by atoms with E-state index in [0.717, 1.165) is 36.9 Å². The first-order valence-corrected chi connectivity index (χ1v) is 8.64. The highest BCUT2D eigenvalue weighted by molar-refractivity contribution is 7.99. The number of piperidine rings is 1. The van der Waals surface area contributed by atoms with Crippen molar-refractivity contribution in [2.24, 2.45) is 14.1 Å². The van der Waals surface area contributed by atoms with Gasteiger partial charge >= 0.3 is 0 Å². The van der Waals surface area contributed by atoms with Crippen LogP contribution in [0.1, 0.15) is 24.6 Å². The first-order valence-electron chi connectivity index (χ1n) is 7.66. The van der Waals surface area contributed by atoms with Gasteiger partial charge in [0.2, 0.25) is 5.91 Å². The van der Waals surface area contributed by atoms with Crippen molar-refractivity contribution in [1.82, 2.24) is 29.9 Å². The van der Waals surface area contributed by atoms with E-state index < -0.39 is 0 Å². The van der Waals surface area contributed by atoms with E-state index >= 15 is 0 Å². The summed E-state index contributed by atoms with van der Waals surface area (Å²) in [4.78, 5) is 12.0. The van der Waals surface area contributed by atoms with E-state index in [1.54, 1.807) is 16.9 Å². The molecule has 1 aliphatic rings. The second-order valence-electron chi connectivity index (χ2n) is 5.65. The third-order valence-corrected chi connectivity index (χ3v) is 4.86. The minimum absolute atomic E-state index is 0.0995. The van der Waals surface area contributed by atoms with Crippen molar-refractivity contribution in [3.63, 3.8) is 0 Å². The van der Waals surface area contributed by atoms with E-state index in [1.807, 2.05) is 18.7 Å². The van der Waals surface area contributed by atoms with Crippen LogP contribution in [0, 0.1) is 0 Å². The van der Waals surface area contributed by atoms with Crippen molar-refractivity contribution < 1.29 is 4.79 Å². The average molecular weight is 335 g/mol. The number of thioether (sulfide) groups is 1. The van der Waals surface area contributed by atoms with Crippen molar-refractivity contribution in [2.75, 3.05) is 24.2 Å². The van der Waals surface area contributed by atoms with Gasteiger partial charge in [-0.3, -0.25) is 9.48 Å². The monoisotopic (exact) mass is 335 g/mol. The summed E-state index contributed by atoms with van der Waals surface area (Å²) < 4.78 is 3.65. The van der Waals surface area contributed by atoms with E-state index in [2.05, 4.69) is 25.9 Å². The smallest absolute Gasteiger partial charge is 0.236 e. The standard InChI is InChI=1S/C14H21N7OS/c1-20-7-5-11(19-20)16-12(22)9-23-14-18-17-13(21(14)2)10-4-3-6-15-8-10/h5,7,10,15H,3-4,6,8-9H2,1-2H3,(H,16,19,22)/t10-/m1/s1. The van der Waals surface area contributed by atoms with Crippen molar-refractivity contribution in [2.45, 2.75) is 23.9 Å². The summed E-state index contributed by atoms with van der Waals surface area (Å²) >= 11 is 1.39.